The van der Waals surface area contributed by atoms with E-state index in [2.05, 4.69) is 33.4 Å². The van der Waals surface area contributed by atoms with Crippen LogP contribution in [-0.2, 0) is 4.79 Å². The molecule has 1 nitrogen and oxygen atoms in total. The highest BCUT2D eigenvalue weighted by Gasteiger charge is 2.59. The summed E-state index contributed by atoms with van der Waals surface area (Å²) in [6.45, 7) is 7.74. The molecule has 0 aromatic rings. The monoisotopic (exact) mass is 376 g/mol. The minimum atomic E-state index is 0.0730. The number of thiol groups is 1. The second kappa shape index (κ2) is 7.12. The maximum atomic E-state index is 11.3. The lowest BCUT2D eigenvalue weighted by Gasteiger charge is -2.61. The summed E-state index contributed by atoms with van der Waals surface area (Å²) in [7, 11) is 0. The summed E-state index contributed by atoms with van der Waals surface area (Å²) in [6, 6.07) is 0. The van der Waals surface area contributed by atoms with Gasteiger partial charge in [0.15, 0.2) is 5.12 Å². The van der Waals surface area contributed by atoms with Gasteiger partial charge in [0.2, 0.25) is 0 Å². The Kier molecular flexibility index (Phi) is 5.30. The van der Waals surface area contributed by atoms with Crippen molar-refractivity contribution in [2.45, 2.75) is 97.8 Å². The predicted octanol–water partition coefficient (Wildman–Crippen LogP) is 6.91. The van der Waals surface area contributed by atoms with E-state index in [4.69, 9.17) is 0 Å². The van der Waals surface area contributed by atoms with E-state index in [1.807, 2.05) is 0 Å². The second-order valence-electron chi connectivity index (χ2n) is 11.0. The van der Waals surface area contributed by atoms with E-state index in [0.29, 0.717) is 23.2 Å². The lowest BCUT2D eigenvalue weighted by Crippen LogP contribution is -2.53. The Hall–Kier alpha value is 0.0200. The molecule has 7 unspecified atom stereocenters. The zero-order chi connectivity index (χ0) is 18.5. The minimum absolute atomic E-state index is 0.0730. The Bertz CT molecular complexity index is 544. The molecule has 0 heterocycles. The van der Waals surface area contributed by atoms with Crippen molar-refractivity contribution in [1.82, 2.24) is 0 Å². The molecule has 4 aliphatic rings. The lowest BCUT2D eigenvalue weighted by atomic mass is 9.44. The third kappa shape index (κ3) is 3.01. The molecule has 4 aliphatic carbocycles. The van der Waals surface area contributed by atoms with Crippen LogP contribution in [-0.4, -0.2) is 5.12 Å². The van der Waals surface area contributed by atoms with E-state index in [0.717, 1.165) is 36.0 Å². The van der Waals surface area contributed by atoms with Gasteiger partial charge in [-0.25, -0.2) is 0 Å². The van der Waals surface area contributed by atoms with E-state index in [1.54, 1.807) is 0 Å². The third-order valence-corrected chi connectivity index (χ3v) is 10.4. The van der Waals surface area contributed by atoms with Crippen molar-refractivity contribution in [2.75, 3.05) is 0 Å². The highest BCUT2D eigenvalue weighted by Crippen LogP contribution is 2.68. The highest BCUT2D eigenvalue weighted by molar-refractivity contribution is 7.96. The van der Waals surface area contributed by atoms with Crippen LogP contribution in [0.3, 0.4) is 0 Å². The van der Waals surface area contributed by atoms with Gasteiger partial charge in [-0.1, -0.05) is 33.6 Å². The molecule has 0 aromatic heterocycles. The first-order chi connectivity index (χ1) is 12.4. The van der Waals surface area contributed by atoms with Gasteiger partial charge in [-0.15, -0.1) is 12.6 Å². The van der Waals surface area contributed by atoms with Crippen molar-refractivity contribution in [2.24, 2.45) is 46.3 Å². The molecule has 0 amide bonds. The molecule has 0 spiro atoms. The first-order valence-corrected chi connectivity index (χ1v) is 12.0. The van der Waals surface area contributed by atoms with Crippen LogP contribution in [0.1, 0.15) is 97.8 Å². The Morgan fingerprint density at radius 1 is 0.962 bits per heavy atom. The van der Waals surface area contributed by atoms with Gasteiger partial charge in [0.05, 0.1) is 0 Å². The third-order valence-electron chi connectivity index (χ3n) is 10.2. The first kappa shape index (κ1) is 19.3. The first-order valence-electron chi connectivity index (χ1n) is 11.6. The fourth-order valence-corrected chi connectivity index (χ4v) is 8.95. The van der Waals surface area contributed by atoms with Crippen LogP contribution < -0.4 is 0 Å². The molecular formula is C24H40OS. The van der Waals surface area contributed by atoms with Crippen LogP contribution in [0.5, 0.6) is 0 Å². The molecule has 0 radical (unpaired) electrons. The van der Waals surface area contributed by atoms with Crippen molar-refractivity contribution in [3.63, 3.8) is 0 Å². The summed E-state index contributed by atoms with van der Waals surface area (Å²) in [5.41, 5.74) is 1.20. The van der Waals surface area contributed by atoms with Gasteiger partial charge < -0.3 is 0 Å². The van der Waals surface area contributed by atoms with Gasteiger partial charge in [-0.3, -0.25) is 4.79 Å². The van der Waals surface area contributed by atoms with E-state index in [-0.39, 0.29) is 5.12 Å². The number of fused-ring (bicyclic) bond motifs is 5. The minimum Gasteiger partial charge on any atom is -0.288 e. The van der Waals surface area contributed by atoms with Crippen molar-refractivity contribution in [3.8, 4) is 0 Å². The van der Waals surface area contributed by atoms with E-state index >= 15 is 0 Å². The molecule has 4 rings (SSSR count). The van der Waals surface area contributed by atoms with Gasteiger partial charge >= 0.3 is 0 Å². The summed E-state index contributed by atoms with van der Waals surface area (Å²) >= 11 is 4.00. The molecular weight excluding hydrogens is 336 g/mol. The number of carbonyl (C=O) groups excluding carboxylic acids is 1. The largest absolute Gasteiger partial charge is 0.288 e. The molecule has 0 aliphatic heterocycles. The summed E-state index contributed by atoms with van der Waals surface area (Å²) < 4.78 is 0. The van der Waals surface area contributed by atoms with Gasteiger partial charge in [-0.2, -0.15) is 0 Å². The van der Waals surface area contributed by atoms with Gasteiger partial charge in [0.25, 0.3) is 0 Å². The van der Waals surface area contributed by atoms with Crippen molar-refractivity contribution >= 4 is 17.7 Å². The zero-order valence-electron chi connectivity index (χ0n) is 17.3. The number of carbonyl (C=O) groups is 1. The molecule has 8 atom stereocenters. The second-order valence-corrected chi connectivity index (χ2v) is 11.5. The summed E-state index contributed by atoms with van der Waals surface area (Å²) in [4.78, 5) is 11.3. The summed E-state index contributed by atoms with van der Waals surface area (Å²) in [5.74, 6) is 5.50. The Morgan fingerprint density at radius 3 is 2.50 bits per heavy atom. The zero-order valence-corrected chi connectivity index (χ0v) is 18.2. The Morgan fingerprint density at radius 2 is 1.73 bits per heavy atom. The molecule has 0 aromatic carbocycles. The van der Waals surface area contributed by atoms with Crippen molar-refractivity contribution < 1.29 is 4.79 Å². The predicted molar refractivity (Wildman–Crippen MR) is 112 cm³/mol. The van der Waals surface area contributed by atoms with Crippen LogP contribution >= 0.6 is 12.6 Å². The van der Waals surface area contributed by atoms with Gasteiger partial charge in [0.1, 0.15) is 0 Å². The molecule has 2 heteroatoms. The van der Waals surface area contributed by atoms with E-state index in [9.17, 15) is 4.79 Å². The fourth-order valence-electron chi connectivity index (χ4n) is 8.82. The molecule has 26 heavy (non-hydrogen) atoms. The lowest BCUT2D eigenvalue weighted by molar-refractivity contribution is -0.115. The maximum absolute atomic E-state index is 11.3. The smallest absolute Gasteiger partial charge is 0.185 e. The number of hydrogen-bond donors (Lipinski definition) is 1. The molecule has 4 saturated carbocycles. The maximum Gasteiger partial charge on any atom is 0.185 e. The quantitative estimate of drug-likeness (QED) is 0.528. The Labute approximate surface area is 166 Å². The van der Waals surface area contributed by atoms with Crippen LogP contribution in [0, 0.1) is 46.3 Å². The van der Waals surface area contributed by atoms with Crippen LogP contribution in [0.15, 0.2) is 0 Å². The SMILES string of the molecule is CC(CCC(=O)S)[C@H]1CCC2C3CCC4CCCCC4(C)C3CCC21C. The van der Waals surface area contributed by atoms with Crippen LogP contribution in [0.4, 0.5) is 0 Å². The van der Waals surface area contributed by atoms with Gasteiger partial charge in [-0.05, 0) is 104 Å². The van der Waals surface area contributed by atoms with Gasteiger partial charge in [0, 0.05) is 6.42 Å². The number of hydrogen-bond acceptors (Lipinski definition) is 1. The van der Waals surface area contributed by atoms with Crippen molar-refractivity contribution in [1.29, 1.82) is 0 Å². The topological polar surface area (TPSA) is 17.1 Å². The van der Waals surface area contributed by atoms with Crippen LogP contribution in [0.25, 0.3) is 0 Å². The Balaban J connectivity index is 1.52. The number of rotatable bonds is 4. The average Bonchev–Trinajstić information content (AvgIpc) is 2.96. The molecule has 0 saturated heterocycles. The summed E-state index contributed by atoms with van der Waals surface area (Å²) in [5, 5.41) is 0.0730. The standard InChI is InChI=1S/C24H40OS/c1-16(7-12-22(25)26)19-10-11-20-18-9-8-17-6-4-5-14-23(17,2)21(18)13-15-24(19,20)3/h16-21H,4-15H2,1-3H3,(H,25,26)/t16?,17?,18?,19-,20?,21?,23?,24?/m1/s1. The highest BCUT2D eigenvalue weighted by atomic mass is 32.1. The van der Waals surface area contributed by atoms with E-state index in [1.165, 1.54) is 64.2 Å². The fraction of sp³-hybridized carbons (Fsp3) is 0.958. The molecule has 0 N–H and O–H groups in total. The average molecular weight is 377 g/mol. The van der Waals surface area contributed by atoms with E-state index < -0.39 is 0 Å². The molecule has 4 fully saturated rings. The molecule has 148 valence electrons. The summed E-state index contributed by atoms with van der Waals surface area (Å²) in [6.07, 6.45) is 16.5. The molecule has 0 bridgehead atoms. The normalized spacial score (nSPS) is 49.0. The van der Waals surface area contributed by atoms with Crippen LogP contribution in [0.2, 0.25) is 0 Å². The van der Waals surface area contributed by atoms with Crippen molar-refractivity contribution in [3.05, 3.63) is 0 Å².